The maximum atomic E-state index is 12.0. The van der Waals surface area contributed by atoms with Crippen molar-refractivity contribution < 1.29 is 9.59 Å². The Labute approximate surface area is 111 Å². The molecule has 0 atom stereocenters. The number of anilines is 1. The first-order valence-electron chi connectivity index (χ1n) is 5.97. The molecule has 1 heterocycles. The Hall–Kier alpha value is -1.55. The second-order valence-electron chi connectivity index (χ2n) is 4.18. The minimum Gasteiger partial charge on any atom is -0.294 e. The molecule has 1 aliphatic heterocycles. The molecule has 1 aromatic carbocycles. The number of carbonyl (C=O) groups excluding carboxylic acids is 2. The number of amides is 3. The smallest absolute Gasteiger partial charge is 0.294 e. The first kappa shape index (κ1) is 12.9. The van der Waals surface area contributed by atoms with Crippen LogP contribution in [0, 0.1) is 0 Å². The van der Waals surface area contributed by atoms with Gasteiger partial charge in [0.05, 0.1) is 0 Å². The van der Waals surface area contributed by atoms with Gasteiger partial charge in [0.25, 0.3) is 0 Å². The van der Waals surface area contributed by atoms with Gasteiger partial charge in [0.1, 0.15) is 0 Å². The molecule has 0 aliphatic carbocycles. The molecule has 1 aromatic rings. The number of rotatable bonds is 2. The Kier molecular flexibility index (Phi) is 4.20. The highest BCUT2D eigenvalue weighted by Gasteiger charge is 2.23. The summed E-state index contributed by atoms with van der Waals surface area (Å²) < 4.78 is 0. The average Bonchev–Trinajstić information content (AvgIpc) is 2.38. The molecule has 0 fully saturated rings. The Morgan fingerprint density at radius 3 is 2.89 bits per heavy atom. The van der Waals surface area contributed by atoms with Gasteiger partial charge in [0.15, 0.2) is 0 Å². The highest BCUT2D eigenvalue weighted by molar-refractivity contribution is 6.19. The lowest BCUT2D eigenvalue weighted by atomic mass is 10.0. The standard InChI is InChI=1S/C13H15ClN2O2/c14-8-7-12(17)15-13(18)16-9-3-5-10-4-1-2-6-11(10)16/h1-2,4,6H,3,5,7-9H2,(H,15,17,18). The van der Waals surface area contributed by atoms with Crippen LogP contribution in [0.1, 0.15) is 18.4 Å². The van der Waals surface area contributed by atoms with E-state index in [0.717, 1.165) is 24.1 Å². The number of nitrogens with one attached hydrogen (secondary N) is 1. The molecule has 0 aromatic heterocycles. The fourth-order valence-electron chi connectivity index (χ4n) is 2.08. The number of hydrogen-bond donors (Lipinski definition) is 1. The van der Waals surface area contributed by atoms with Gasteiger partial charge in [-0.1, -0.05) is 18.2 Å². The van der Waals surface area contributed by atoms with Crippen LogP contribution in [0.2, 0.25) is 0 Å². The van der Waals surface area contributed by atoms with Crippen molar-refractivity contribution in [2.24, 2.45) is 0 Å². The molecule has 96 valence electrons. The zero-order chi connectivity index (χ0) is 13.0. The van der Waals surface area contributed by atoms with Gasteiger partial charge in [-0.15, -0.1) is 11.6 Å². The van der Waals surface area contributed by atoms with Crippen LogP contribution in [0.25, 0.3) is 0 Å². The summed E-state index contributed by atoms with van der Waals surface area (Å²) in [6, 6.07) is 7.40. The number of halogens is 1. The summed E-state index contributed by atoms with van der Waals surface area (Å²) in [5.74, 6) is -0.117. The number of alkyl halides is 1. The van der Waals surface area contributed by atoms with Crippen molar-refractivity contribution in [3.8, 4) is 0 Å². The molecular formula is C13H15ClN2O2. The molecule has 1 aliphatic rings. The number of fused-ring (bicyclic) bond motifs is 1. The van der Waals surface area contributed by atoms with E-state index in [2.05, 4.69) is 5.32 Å². The zero-order valence-corrected chi connectivity index (χ0v) is 10.7. The van der Waals surface area contributed by atoms with Crippen molar-refractivity contribution in [2.75, 3.05) is 17.3 Å². The molecule has 1 N–H and O–H groups in total. The second-order valence-corrected chi connectivity index (χ2v) is 4.55. The van der Waals surface area contributed by atoms with E-state index in [-0.39, 0.29) is 24.2 Å². The topological polar surface area (TPSA) is 49.4 Å². The third-order valence-corrected chi connectivity index (χ3v) is 3.11. The van der Waals surface area contributed by atoms with Crippen molar-refractivity contribution in [3.63, 3.8) is 0 Å². The Balaban J connectivity index is 2.10. The normalized spacial score (nSPS) is 13.9. The summed E-state index contributed by atoms with van der Waals surface area (Å²) in [5.41, 5.74) is 2.03. The van der Waals surface area contributed by atoms with Crippen LogP contribution in [0.4, 0.5) is 10.5 Å². The molecule has 0 saturated carbocycles. The summed E-state index contributed by atoms with van der Waals surface area (Å²) in [7, 11) is 0. The monoisotopic (exact) mass is 266 g/mol. The quantitative estimate of drug-likeness (QED) is 0.835. The summed E-state index contributed by atoms with van der Waals surface area (Å²) in [5, 5.41) is 2.36. The predicted octanol–water partition coefficient (Wildman–Crippen LogP) is 2.30. The molecule has 0 radical (unpaired) electrons. The highest BCUT2D eigenvalue weighted by atomic mass is 35.5. The van der Waals surface area contributed by atoms with Gasteiger partial charge < -0.3 is 0 Å². The average molecular weight is 267 g/mol. The summed E-state index contributed by atoms with van der Waals surface area (Å²) in [6.07, 6.45) is 2.03. The fraction of sp³-hybridized carbons (Fsp3) is 0.385. The van der Waals surface area contributed by atoms with Gasteiger partial charge in [0, 0.05) is 24.5 Å². The third-order valence-electron chi connectivity index (χ3n) is 2.92. The number of urea groups is 1. The van der Waals surface area contributed by atoms with Gasteiger partial charge in [-0.2, -0.15) is 0 Å². The van der Waals surface area contributed by atoms with Gasteiger partial charge >= 0.3 is 6.03 Å². The molecule has 0 spiro atoms. The number of aryl methyl sites for hydroxylation is 1. The SMILES string of the molecule is O=C(CCCl)NC(=O)N1CCCc2ccccc21. The molecule has 0 unspecified atom stereocenters. The minimum absolute atomic E-state index is 0.156. The molecular weight excluding hydrogens is 252 g/mol. The number of benzene rings is 1. The summed E-state index contributed by atoms with van der Waals surface area (Å²) in [6.45, 7) is 0.636. The van der Waals surface area contributed by atoms with E-state index in [1.807, 2.05) is 24.3 Å². The first-order chi connectivity index (χ1) is 8.72. The fourth-order valence-corrected chi connectivity index (χ4v) is 2.25. The first-order valence-corrected chi connectivity index (χ1v) is 6.51. The number of imide groups is 1. The van der Waals surface area contributed by atoms with Gasteiger partial charge in [-0.05, 0) is 24.5 Å². The van der Waals surface area contributed by atoms with Gasteiger partial charge in [0.2, 0.25) is 5.91 Å². The van der Waals surface area contributed by atoms with Crippen LogP contribution in [0.3, 0.4) is 0 Å². The van der Waals surface area contributed by atoms with Gasteiger partial charge in [-0.25, -0.2) is 4.79 Å². The van der Waals surface area contributed by atoms with E-state index < -0.39 is 0 Å². The van der Waals surface area contributed by atoms with Crippen LogP contribution < -0.4 is 10.2 Å². The van der Waals surface area contributed by atoms with Crippen LogP contribution in [0.5, 0.6) is 0 Å². The van der Waals surface area contributed by atoms with Crippen molar-refractivity contribution in [2.45, 2.75) is 19.3 Å². The van der Waals surface area contributed by atoms with Crippen LogP contribution in [-0.4, -0.2) is 24.4 Å². The van der Waals surface area contributed by atoms with Crippen LogP contribution in [0.15, 0.2) is 24.3 Å². The van der Waals surface area contributed by atoms with E-state index in [1.165, 1.54) is 0 Å². The lowest BCUT2D eigenvalue weighted by Gasteiger charge is -2.29. The van der Waals surface area contributed by atoms with E-state index in [1.54, 1.807) is 4.90 Å². The number of carbonyl (C=O) groups is 2. The van der Waals surface area contributed by atoms with E-state index >= 15 is 0 Å². The molecule has 4 nitrogen and oxygen atoms in total. The predicted molar refractivity (Wildman–Crippen MR) is 71.0 cm³/mol. The second kappa shape index (κ2) is 5.87. The lowest BCUT2D eigenvalue weighted by molar-refractivity contribution is -0.119. The van der Waals surface area contributed by atoms with Gasteiger partial charge in [-0.3, -0.25) is 15.0 Å². The molecule has 3 amide bonds. The molecule has 0 saturated heterocycles. The largest absolute Gasteiger partial charge is 0.328 e. The lowest BCUT2D eigenvalue weighted by Crippen LogP contribution is -2.45. The number of hydrogen-bond acceptors (Lipinski definition) is 2. The van der Waals surface area contributed by atoms with Crippen molar-refractivity contribution in [1.82, 2.24) is 5.32 Å². The third kappa shape index (κ3) is 2.82. The van der Waals surface area contributed by atoms with E-state index in [4.69, 9.17) is 11.6 Å². The minimum atomic E-state index is -0.364. The van der Waals surface area contributed by atoms with Crippen LogP contribution >= 0.6 is 11.6 Å². The maximum Gasteiger partial charge on any atom is 0.328 e. The molecule has 0 bridgehead atoms. The maximum absolute atomic E-state index is 12.0. The highest BCUT2D eigenvalue weighted by Crippen LogP contribution is 2.26. The summed E-state index contributed by atoms with van der Waals surface area (Å²) in [4.78, 5) is 25.0. The molecule has 5 heteroatoms. The Morgan fingerprint density at radius 2 is 2.11 bits per heavy atom. The number of para-hydroxylation sites is 1. The number of nitrogens with zero attached hydrogens (tertiary/aromatic N) is 1. The summed E-state index contributed by atoms with van der Waals surface area (Å²) >= 11 is 5.46. The zero-order valence-electron chi connectivity index (χ0n) is 9.99. The molecule has 18 heavy (non-hydrogen) atoms. The van der Waals surface area contributed by atoms with Crippen LogP contribution in [-0.2, 0) is 11.2 Å². The Morgan fingerprint density at radius 1 is 1.33 bits per heavy atom. The van der Waals surface area contributed by atoms with E-state index in [9.17, 15) is 9.59 Å². The molecule has 2 rings (SSSR count). The van der Waals surface area contributed by atoms with E-state index in [0.29, 0.717) is 6.54 Å². The van der Waals surface area contributed by atoms with Crippen molar-refractivity contribution in [1.29, 1.82) is 0 Å². The van der Waals surface area contributed by atoms with Crippen molar-refractivity contribution in [3.05, 3.63) is 29.8 Å². The van der Waals surface area contributed by atoms with Crippen molar-refractivity contribution >= 4 is 29.2 Å². The Bertz CT molecular complexity index is 462.